The third-order valence-corrected chi connectivity index (χ3v) is 2.51. The second kappa shape index (κ2) is 6.70. The van der Waals surface area contributed by atoms with Gasteiger partial charge in [0.2, 0.25) is 0 Å². The van der Waals surface area contributed by atoms with Crippen LogP contribution in [0, 0.1) is 5.82 Å². The summed E-state index contributed by atoms with van der Waals surface area (Å²) in [7, 11) is 0. The van der Waals surface area contributed by atoms with E-state index in [0.717, 1.165) is 4.47 Å². The molecule has 19 heavy (non-hydrogen) atoms. The van der Waals surface area contributed by atoms with E-state index >= 15 is 0 Å². The summed E-state index contributed by atoms with van der Waals surface area (Å²) in [5.41, 5.74) is -0.0649. The number of hydrogen-bond donors (Lipinski definition) is 1. The molecule has 0 spiro atoms. The van der Waals surface area contributed by atoms with E-state index in [9.17, 15) is 9.18 Å². The van der Waals surface area contributed by atoms with Crippen LogP contribution in [0.2, 0.25) is 0 Å². The van der Waals surface area contributed by atoms with Gasteiger partial charge in [0.15, 0.2) is 0 Å². The normalized spacial score (nSPS) is 11.6. The quantitative estimate of drug-likeness (QED) is 0.905. The van der Waals surface area contributed by atoms with Crippen molar-refractivity contribution in [2.75, 3.05) is 6.54 Å². The van der Waals surface area contributed by atoms with Crippen molar-refractivity contribution in [2.45, 2.75) is 26.4 Å². The molecule has 0 saturated carbocycles. The van der Waals surface area contributed by atoms with E-state index in [1.54, 1.807) is 45.1 Å². The highest BCUT2D eigenvalue weighted by molar-refractivity contribution is 9.10. The van der Waals surface area contributed by atoms with Crippen molar-refractivity contribution in [3.8, 4) is 0 Å². The lowest BCUT2D eigenvalue weighted by atomic mass is 10.2. The molecule has 0 heterocycles. The molecule has 0 saturated heterocycles. The maximum atomic E-state index is 13.4. The fourth-order valence-electron chi connectivity index (χ4n) is 1.28. The molecule has 1 rings (SSSR count). The minimum absolute atomic E-state index is 0.279. The highest BCUT2D eigenvalue weighted by Gasteiger charge is 2.14. The fraction of sp³-hybridized carbons (Fsp3) is 0.357. The van der Waals surface area contributed by atoms with Gasteiger partial charge in [0.05, 0.1) is 0 Å². The van der Waals surface area contributed by atoms with Crippen LogP contribution in [0.4, 0.5) is 9.18 Å². The summed E-state index contributed by atoms with van der Waals surface area (Å²) in [6.45, 7) is 5.65. The Labute approximate surface area is 121 Å². The van der Waals surface area contributed by atoms with Gasteiger partial charge in [-0.15, -0.1) is 0 Å². The zero-order valence-electron chi connectivity index (χ0n) is 11.2. The number of halogens is 2. The van der Waals surface area contributed by atoms with Crippen LogP contribution in [0.1, 0.15) is 26.3 Å². The molecule has 0 unspecified atom stereocenters. The van der Waals surface area contributed by atoms with Crippen LogP contribution < -0.4 is 5.32 Å². The predicted octanol–water partition coefficient (Wildman–Crippen LogP) is 4.13. The van der Waals surface area contributed by atoms with Gasteiger partial charge in [0, 0.05) is 16.6 Å². The van der Waals surface area contributed by atoms with Gasteiger partial charge in [0.1, 0.15) is 11.4 Å². The van der Waals surface area contributed by atoms with Gasteiger partial charge in [0.25, 0.3) is 0 Å². The summed E-state index contributed by atoms with van der Waals surface area (Å²) in [4.78, 5) is 11.3. The van der Waals surface area contributed by atoms with E-state index in [2.05, 4.69) is 21.2 Å². The number of hydrogen-bond acceptors (Lipinski definition) is 2. The van der Waals surface area contributed by atoms with Crippen molar-refractivity contribution in [2.24, 2.45) is 0 Å². The van der Waals surface area contributed by atoms with E-state index in [0.29, 0.717) is 5.56 Å². The van der Waals surface area contributed by atoms with Crippen LogP contribution in [-0.4, -0.2) is 18.2 Å². The van der Waals surface area contributed by atoms with Crippen molar-refractivity contribution >= 4 is 28.1 Å². The Morgan fingerprint density at radius 3 is 2.79 bits per heavy atom. The number of nitrogens with one attached hydrogen (secondary N) is 1. The third kappa shape index (κ3) is 6.38. The van der Waals surface area contributed by atoms with Crippen LogP contribution in [0.3, 0.4) is 0 Å². The van der Waals surface area contributed by atoms with Crippen molar-refractivity contribution in [1.29, 1.82) is 0 Å². The first-order valence-electron chi connectivity index (χ1n) is 5.86. The summed E-state index contributed by atoms with van der Waals surface area (Å²) >= 11 is 3.27. The molecule has 3 nitrogen and oxygen atoms in total. The Morgan fingerprint density at radius 1 is 1.47 bits per heavy atom. The molecule has 0 atom stereocenters. The van der Waals surface area contributed by atoms with Gasteiger partial charge in [-0.25, -0.2) is 9.18 Å². The molecule has 0 aliphatic heterocycles. The van der Waals surface area contributed by atoms with Crippen molar-refractivity contribution in [3.63, 3.8) is 0 Å². The number of benzene rings is 1. The highest BCUT2D eigenvalue weighted by Crippen LogP contribution is 2.16. The fourth-order valence-corrected chi connectivity index (χ4v) is 1.66. The Balaban J connectivity index is 2.47. The molecular weight excluding hydrogens is 313 g/mol. The third-order valence-electron chi connectivity index (χ3n) is 2.02. The summed E-state index contributed by atoms with van der Waals surface area (Å²) in [6, 6.07) is 4.68. The lowest BCUT2D eigenvalue weighted by Crippen LogP contribution is -2.32. The lowest BCUT2D eigenvalue weighted by molar-refractivity contribution is 0.0534. The minimum Gasteiger partial charge on any atom is -0.444 e. The summed E-state index contributed by atoms with van der Waals surface area (Å²) in [5, 5.41) is 2.56. The minimum atomic E-state index is -0.524. The number of rotatable bonds is 3. The van der Waals surface area contributed by atoms with Crippen molar-refractivity contribution in [1.82, 2.24) is 5.32 Å². The maximum Gasteiger partial charge on any atom is 0.407 e. The maximum absolute atomic E-state index is 13.4. The first kappa shape index (κ1) is 15.7. The van der Waals surface area contributed by atoms with Crippen molar-refractivity contribution < 1.29 is 13.9 Å². The SMILES string of the molecule is CC(C)(C)OC(=O)NCC=Cc1cc(Br)ccc1F. The van der Waals surface area contributed by atoms with Crippen molar-refractivity contribution in [3.05, 3.63) is 40.1 Å². The average Bonchev–Trinajstić information content (AvgIpc) is 2.26. The monoisotopic (exact) mass is 329 g/mol. The number of alkyl carbamates (subject to hydrolysis) is 1. The largest absolute Gasteiger partial charge is 0.444 e. The second-order valence-corrected chi connectivity index (χ2v) is 5.87. The van der Waals surface area contributed by atoms with E-state index in [-0.39, 0.29) is 12.4 Å². The van der Waals surface area contributed by atoms with E-state index in [1.165, 1.54) is 6.07 Å². The van der Waals surface area contributed by atoms with E-state index in [4.69, 9.17) is 4.74 Å². The molecule has 1 amide bonds. The molecule has 5 heteroatoms. The molecule has 0 aliphatic carbocycles. The number of amides is 1. The molecule has 1 aromatic carbocycles. The summed E-state index contributed by atoms with van der Waals surface area (Å²) < 4.78 is 19.3. The van der Waals surface area contributed by atoms with Gasteiger partial charge in [-0.2, -0.15) is 0 Å². The van der Waals surface area contributed by atoms with Gasteiger partial charge in [-0.1, -0.05) is 28.1 Å². The molecule has 0 aromatic heterocycles. The van der Waals surface area contributed by atoms with Crippen LogP contribution >= 0.6 is 15.9 Å². The number of ether oxygens (including phenoxy) is 1. The second-order valence-electron chi connectivity index (χ2n) is 4.95. The van der Waals surface area contributed by atoms with Crippen LogP contribution in [-0.2, 0) is 4.74 Å². The van der Waals surface area contributed by atoms with Gasteiger partial charge in [-0.05, 0) is 39.0 Å². The summed E-state index contributed by atoms with van der Waals surface area (Å²) in [6.07, 6.45) is 2.78. The highest BCUT2D eigenvalue weighted by atomic mass is 79.9. The Hall–Kier alpha value is -1.36. The zero-order chi connectivity index (χ0) is 14.5. The van der Waals surface area contributed by atoms with Gasteiger partial charge < -0.3 is 10.1 Å². The van der Waals surface area contributed by atoms with Crippen LogP contribution in [0.5, 0.6) is 0 Å². The molecule has 0 fully saturated rings. The van der Waals surface area contributed by atoms with E-state index in [1.807, 2.05) is 0 Å². The molecule has 0 aliphatic rings. The Morgan fingerprint density at radius 2 is 2.16 bits per heavy atom. The van der Waals surface area contributed by atoms with Gasteiger partial charge >= 0.3 is 6.09 Å². The molecular formula is C14H17BrFNO2. The molecule has 1 aromatic rings. The predicted molar refractivity (Wildman–Crippen MR) is 77.4 cm³/mol. The van der Waals surface area contributed by atoms with Gasteiger partial charge in [-0.3, -0.25) is 0 Å². The van der Waals surface area contributed by atoms with Crippen LogP contribution in [0.25, 0.3) is 6.08 Å². The average molecular weight is 330 g/mol. The topological polar surface area (TPSA) is 38.3 Å². The van der Waals surface area contributed by atoms with Crippen LogP contribution in [0.15, 0.2) is 28.7 Å². The summed E-state index contributed by atoms with van der Waals surface area (Å²) in [5.74, 6) is -0.309. The first-order chi connectivity index (χ1) is 8.78. The number of carbonyl (C=O) groups is 1. The Kier molecular flexibility index (Phi) is 5.54. The lowest BCUT2D eigenvalue weighted by Gasteiger charge is -2.19. The molecule has 1 N–H and O–H groups in total. The molecule has 0 radical (unpaired) electrons. The van der Waals surface area contributed by atoms with E-state index < -0.39 is 11.7 Å². The zero-order valence-corrected chi connectivity index (χ0v) is 12.8. The molecule has 104 valence electrons. The molecule has 0 bridgehead atoms. The standard InChI is InChI=1S/C14H17BrFNO2/c1-14(2,3)19-13(18)17-8-4-5-10-9-11(15)6-7-12(10)16/h4-7,9H,8H2,1-3H3,(H,17,18). The first-order valence-corrected chi connectivity index (χ1v) is 6.66. The smallest absolute Gasteiger partial charge is 0.407 e. The number of carbonyl (C=O) groups excluding carboxylic acids is 1. The Bertz CT molecular complexity index is 481.